The predicted molar refractivity (Wildman–Crippen MR) is 91.0 cm³/mol. The van der Waals surface area contributed by atoms with Gasteiger partial charge in [0.25, 0.3) is 0 Å². The second-order valence-corrected chi connectivity index (χ2v) is 5.44. The fourth-order valence-corrected chi connectivity index (χ4v) is 2.26. The first-order valence-corrected chi connectivity index (χ1v) is 7.46. The minimum atomic E-state index is -0.786. The van der Waals surface area contributed by atoms with Gasteiger partial charge in [0, 0.05) is 11.3 Å². The van der Waals surface area contributed by atoms with Crippen LogP contribution in [0.15, 0.2) is 42.5 Å². The van der Waals surface area contributed by atoms with Crippen LogP contribution in [0, 0.1) is 6.92 Å². The van der Waals surface area contributed by atoms with Crippen LogP contribution in [0.25, 0.3) is 0 Å². The summed E-state index contributed by atoms with van der Waals surface area (Å²) in [6.07, 6.45) is 0. The van der Waals surface area contributed by atoms with Crippen LogP contribution in [0.3, 0.4) is 0 Å². The summed E-state index contributed by atoms with van der Waals surface area (Å²) in [6, 6.07) is 11.3. The molecule has 3 N–H and O–H groups in total. The van der Waals surface area contributed by atoms with E-state index < -0.39 is 17.9 Å². The van der Waals surface area contributed by atoms with Gasteiger partial charge in [-0.2, -0.15) is 0 Å². The van der Waals surface area contributed by atoms with Gasteiger partial charge in [0.2, 0.25) is 0 Å². The zero-order valence-corrected chi connectivity index (χ0v) is 13.8. The van der Waals surface area contributed by atoms with Crippen LogP contribution in [0.2, 0.25) is 0 Å². The molecule has 0 bridgehead atoms. The molecule has 2 amide bonds. The van der Waals surface area contributed by atoms with E-state index in [9.17, 15) is 14.7 Å². The average molecular weight is 328 g/mol. The summed E-state index contributed by atoms with van der Waals surface area (Å²) in [6.45, 7) is 3.57. The zero-order chi connectivity index (χ0) is 17.7. The number of hydrogen-bond donors (Lipinski definition) is 3. The van der Waals surface area contributed by atoms with Crippen molar-refractivity contribution in [2.45, 2.75) is 19.9 Å². The molecule has 0 spiro atoms. The van der Waals surface area contributed by atoms with E-state index in [0.717, 1.165) is 5.56 Å². The Bertz CT molecular complexity index is 758. The Labute approximate surface area is 140 Å². The van der Waals surface area contributed by atoms with Crippen LogP contribution in [0.4, 0.5) is 5.69 Å². The Morgan fingerprint density at radius 1 is 1.12 bits per heavy atom. The Kier molecular flexibility index (Phi) is 5.42. The largest absolute Gasteiger partial charge is 0.508 e. The van der Waals surface area contributed by atoms with Gasteiger partial charge in [0.05, 0.1) is 13.2 Å². The number of phenolic OH excluding ortho intramolecular Hbond substituents is 1. The summed E-state index contributed by atoms with van der Waals surface area (Å²) in [7, 11) is 1.51. The number of methoxy groups -OCH3 is 1. The average Bonchev–Trinajstić information content (AvgIpc) is 2.55. The minimum absolute atomic E-state index is 0.0164. The quantitative estimate of drug-likeness (QED) is 0.753. The van der Waals surface area contributed by atoms with Gasteiger partial charge in [-0.3, -0.25) is 9.59 Å². The number of anilines is 1. The second-order valence-electron chi connectivity index (χ2n) is 5.44. The van der Waals surface area contributed by atoms with Gasteiger partial charge in [0.1, 0.15) is 11.5 Å². The van der Waals surface area contributed by atoms with Gasteiger partial charge in [0.15, 0.2) is 0 Å². The summed E-state index contributed by atoms with van der Waals surface area (Å²) in [5, 5.41) is 15.0. The summed E-state index contributed by atoms with van der Waals surface area (Å²) < 4.78 is 5.10. The molecule has 0 fully saturated rings. The summed E-state index contributed by atoms with van der Waals surface area (Å²) in [5.74, 6) is -0.989. The van der Waals surface area contributed by atoms with Crippen molar-refractivity contribution >= 4 is 17.5 Å². The van der Waals surface area contributed by atoms with E-state index in [-0.39, 0.29) is 5.75 Å². The van der Waals surface area contributed by atoms with Crippen LogP contribution < -0.4 is 15.4 Å². The lowest BCUT2D eigenvalue weighted by Gasteiger charge is -2.16. The van der Waals surface area contributed by atoms with Gasteiger partial charge in [-0.1, -0.05) is 12.1 Å². The van der Waals surface area contributed by atoms with E-state index in [2.05, 4.69) is 10.6 Å². The standard InChI is InChI=1S/C18H20N2O4/c1-11-5-4-6-13(9-11)20-18(23)17(22)19-12(2)15-10-14(24-3)7-8-16(15)21/h4-10,12,21H,1-3H3,(H,19,22)(H,20,23)/t12-/m1/s1. The SMILES string of the molecule is COc1ccc(O)c([C@@H](C)NC(=O)C(=O)Nc2cccc(C)c2)c1. The molecule has 2 rings (SSSR count). The molecule has 0 aromatic heterocycles. The van der Waals surface area contributed by atoms with E-state index in [1.807, 2.05) is 13.0 Å². The van der Waals surface area contributed by atoms with Crippen molar-refractivity contribution in [2.75, 3.05) is 12.4 Å². The smallest absolute Gasteiger partial charge is 0.313 e. The Hall–Kier alpha value is -3.02. The fourth-order valence-electron chi connectivity index (χ4n) is 2.26. The van der Waals surface area contributed by atoms with Crippen molar-refractivity contribution in [3.05, 3.63) is 53.6 Å². The molecule has 0 heterocycles. The van der Waals surface area contributed by atoms with Crippen LogP contribution in [-0.4, -0.2) is 24.0 Å². The highest BCUT2D eigenvalue weighted by molar-refractivity contribution is 6.39. The molecular weight excluding hydrogens is 308 g/mol. The lowest BCUT2D eigenvalue weighted by Crippen LogP contribution is -2.36. The second kappa shape index (κ2) is 7.50. The van der Waals surface area contributed by atoms with Crippen LogP contribution >= 0.6 is 0 Å². The molecule has 0 aliphatic rings. The van der Waals surface area contributed by atoms with Gasteiger partial charge >= 0.3 is 11.8 Å². The molecule has 6 nitrogen and oxygen atoms in total. The topological polar surface area (TPSA) is 87.7 Å². The van der Waals surface area contributed by atoms with Crippen LogP contribution in [0.5, 0.6) is 11.5 Å². The van der Waals surface area contributed by atoms with Crippen molar-refractivity contribution in [3.8, 4) is 11.5 Å². The summed E-state index contributed by atoms with van der Waals surface area (Å²) >= 11 is 0. The van der Waals surface area contributed by atoms with E-state index in [1.165, 1.54) is 13.2 Å². The molecule has 0 saturated carbocycles. The normalized spacial score (nSPS) is 11.5. The van der Waals surface area contributed by atoms with Crippen molar-refractivity contribution < 1.29 is 19.4 Å². The van der Waals surface area contributed by atoms with Crippen molar-refractivity contribution in [1.29, 1.82) is 0 Å². The lowest BCUT2D eigenvalue weighted by atomic mass is 10.1. The molecule has 24 heavy (non-hydrogen) atoms. The van der Waals surface area contributed by atoms with Gasteiger partial charge in [-0.05, 0) is 49.7 Å². The third-order valence-corrected chi connectivity index (χ3v) is 3.53. The number of nitrogens with one attached hydrogen (secondary N) is 2. The molecule has 2 aromatic carbocycles. The molecule has 0 unspecified atom stereocenters. The summed E-state index contributed by atoms with van der Waals surface area (Å²) in [5.41, 5.74) is 1.99. The van der Waals surface area contributed by atoms with Crippen LogP contribution in [0.1, 0.15) is 24.1 Å². The van der Waals surface area contributed by atoms with E-state index >= 15 is 0 Å². The van der Waals surface area contributed by atoms with Gasteiger partial charge < -0.3 is 20.5 Å². The van der Waals surface area contributed by atoms with E-state index in [1.54, 1.807) is 37.3 Å². The van der Waals surface area contributed by atoms with E-state index in [4.69, 9.17) is 4.74 Å². The third-order valence-electron chi connectivity index (χ3n) is 3.53. The molecule has 0 radical (unpaired) electrons. The maximum atomic E-state index is 12.0. The highest BCUT2D eigenvalue weighted by Crippen LogP contribution is 2.28. The highest BCUT2D eigenvalue weighted by atomic mass is 16.5. The molecule has 6 heteroatoms. The molecular formula is C18H20N2O4. The van der Waals surface area contributed by atoms with E-state index in [0.29, 0.717) is 17.0 Å². The maximum absolute atomic E-state index is 12.0. The Morgan fingerprint density at radius 2 is 1.88 bits per heavy atom. The first-order valence-electron chi connectivity index (χ1n) is 7.46. The number of rotatable bonds is 4. The van der Waals surface area contributed by atoms with Crippen molar-refractivity contribution in [2.24, 2.45) is 0 Å². The highest BCUT2D eigenvalue weighted by Gasteiger charge is 2.19. The Morgan fingerprint density at radius 3 is 2.54 bits per heavy atom. The zero-order valence-electron chi connectivity index (χ0n) is 13.8. The first kappa shape index (κ1) is 17.3. The number of carbonyl (C=O) groups is 2. The number of aryl methyl sites for hydroxylation is 1. The molecule has 2 aromatic rings. The number of hydrogen-bond acceptors (Lipinski definition) is 4. The predicted octanol–water partition coefficient (Wildman–Crippen LogP) is 2.53. The van der Waals surface area contributed by atoms with Crippen molar-refractivity contribution in [3.63, 3.8) is 0 Å². The number of benzene rings is 2. The molecule has 0 aliphatic carbocycles. The maximum Gasteiger partial charge on any atom is 0.313 e. The fraction of sp³-hybridized carbons (Fsp3) is 0.222. The van der Waals surface area contributed by atoms with Crippen molar-refractivity contribution in [1.82, 2.24) is 5.32 Å². The number of aromatic hydroxyl groups is 1. The number of amides is 2. The third kappa shape index (κ3) is 4.25. The van der Waals surface area contributed by atoms with Gasteiger partial charge in [-0.25, -0.2) is 0 Å². The molecule has 126 valence electrons. The summed E-state index contributed by atoms with van der Waals surface area (Å²) in [4.78, 5) is 24.0. The number of ether oxygens (including phenoxy) is 1. The minimum Gasteiger partial charge on any atom is -0.508 e. The molecule has 0 aliphatic heterocycles. The van der Waals surface area contributed by atoms with Gasteiger partial charge in [-0.15, -0.1) is 0 Å². The monoisotopic (exact) mass is 328 g/mol. The molecule has 0 saturated heterocycles. The van der Waals surface area contributed by atoms with Crippen LogP contribution in [-0.2, 0) is 9.59 Å². The first-order chi connectivity index (χ1) is 11.4. The Balaban J connectivity index is 2.04. The molecule has 1 atom stereocenters. The number of phenols is 1. The lowest BCUT2D eigenvalue weighted by molar-refractivity contribution is -0.136. The number of carbonyl (C=O) groups excluding carboxylic acids is 2.